The fourth-order valence-corrected chi connectivity index (χ4v) is 5.81. The van der Waals surface area contributed by atoms with Gasteiger partial charge in [0.25, 0.3) is 0 Å². The molecule has 2 heterocycles. The van der Waals surface area contributed by atoms with E-state index in [9.17, 15) is 14.4 Å². The van der Waals surface area contributed by atoms with Gasteiger partial charge in [-0.25, -0.2) is 4.79 Å². The maximum Gasteiger partial charge on any atom is 0.407 e. The van der Waals surface area contributed by atoms with Crippen molar-refractivity contribution < 1.29 is 19.5 Å². The second-order valence-electron chi connectivity index (χ2n) is 10.0. The maximum absolute atomic E-state index is 12.9. The van der Waals surface area contributed by atoms with Gasteiger partial charge in [0.15, 0.2) is 0 Å². The Balaban J connectivity index is 1.38. The molecule has 0 unspecified atom stereocenters. The molecular formula is C25H35ClN4O4. The highest BCUT2D eigenvalue weighted by Gasteiger charge is 2.34. The van der Waals surface area contributed by atoms with Crippen LogP contribution in [-0.4, -0.2) is 76.5 Å². The van der Waals surface area contributed by atoms with Crippen LogP contribution in [0.25, 0.3) is 0 Å². The smallest absolute Gasteiger partial charge is 0.407 e. The third-order valence-corrected chi connectivity index (χ3v) is 7.88. The molecule has 186 valence electrons. The molecule has 2 atom stereocenters. The van der Waals surface area contributed by atoms with E-state index < -0.39 is 6.09 Å². The Kier molecular flexibility index (Phi) is 7.67. The monoisotopic (exact) mass is 490 g/mol. The van der Waals surface area contributed by atoms with Crippen molar-refractivity contribution in [3.8, 4) is 0 Å². The summed E-state index contributed by atoms with van der Waals surface area (Å²) in [6.45, 7) is 7.74. The summed E-state index contributed by atoms with van der Waals surface area (Å²) in [6.07, 6.45) is 3.91. The number of nitrogens with zero attached hydrogens (tertiary/aromatic N) is 3. The molecule has 8 nitrogen and oxygen atoms in total. The Bertz CT molecular complexity index is 949. The average molecular weight is 491 g/mol. The Morgan fingerprint density at radius 1 is 1.06 bits per heavy atom. The van der Waals surface area contributed by atoms with Crippen LogP contribution in [0.1, 0.15) is 50.2 Å². The fourth-order valence-electron chi connectivity index (χ4n) is 5.56. The third-order valence-electron chi connectivity index (χ3n) is 7.66. The summed E-state index contributed by atoms with van der Waals surface area (Å²) in [7, 11) is 0. The van der Waals surface area contributed by atoms with Crippen molar-refractivity contribution in [1.29, 1.82) is 0 Å². The maximum atomic E-state index is 12.9. The van der Waals surface area contributed by atoms with Crippen LogP contribution in [0.5, 0.6) is 0 Å². The third kappa shape index (κ3) is 5.49. The summed E-state index contributed by atoms with van der Waals surface area (Å²) in [4.78, 5) is 42.5. The summed E-state index contributed by atoms with van der Waals surface area (Å²) in [6, 6.07) is 3.86. The number of anilines is 1. The average Bonchev–Trinajstić information content (AvgIpc) is 3.49. The first-order valence-electron chi connectivity index (χ1n) is 12.3. The molecule has 34 heavy (non-hydrogen) atoms. The number of hydrogen-bond acceptors (Lipinski definition) is 4. The molecule has 9 heteroatoms. The van der Waals surface area contributed by atoms with E-state index in [2.05, 4.69) is 22.0 Å². The standard InChI is InChI=1S/C25H35ClN4O4/c1-16-13-28(9-10-30(16)24(32)18-5-3-4-6-18)14-20-11-21(26)12-22(17(20)2)27-23(31)19-7-8-29(15-19)25(33)34/h11-12,16,18-19H,3-10,13-15H2,1-2H3,(H,27,31)(H,33,34)/t16-,19-/m0/s1. The van der Waals surface area contributed by atoms with Gasteiger partial charge in [0.2, 0.25) is 11.8 Å². The van der Waals surface area contributed by atoms with Crippen LogP contribution in [0.2, 0.25) is 5.02 Å². The molecular weight excluding hydrogens is 456 g/mol. The normalized spacial score (nSPS) is 24.0. The predicted octanol–water partition coefficient (Wildman–Crippen LogP) is 3.81. The molecule has 3 fully saturated rings. The summed E-state index contributed by atoms with van der Waals surface area (Å²) in [5, 5.41) is 12.7. The molecule has 1 aliphatic carbocycles. The van der Waals surface area contributed by atoms with Gasteiger partial charge in [-0.15, -0.1) is 0 Å². The SMILES string of the molecule is Cc1c(CN2CCN(C(=O)C3CCCC3)[C@@H](C)C2)cc(Cl)cc1NC(=O)[C@H]1CCN(C(=O)O)C1. The molecule has 1 aromatic rings. The Hall–Kier alpha value is -2.32. The molecule has 1 saturated carbocycles. The van der Waals surface area contributed by atoms with Gasteiger partial charge in [0.05, 0.1) is 5.92 Å². The lowest BCUT2D eigenvalue weighted by molar-refractivity contribution is -0.140. The predicted molar refractivity (Wildman–Crippen MR) is 131 cm³/mol. The first kappa shape index (κ1) is 24.8. The molecule has 0 aromatic heterocycles. The van der Waals surface area contributed by atoms with Gasteiger partial charge in [-0.05, 0) is 56.4 Å². The first-order valence-corrected chi connectivity index (χ1v) is 12.7. The Morgan fingerprint density at radius 2 is 1.79 bits per heavy atom. The van der Waals surface area contributed by atoms with Gasteiger partial charge in [0, 0.05) is 61.9 Å². The second kappa shape index (κ2) is 10.5. The van der Waals surface area contributed by atoms with Gasteiger partial charge in [0.1, 0.15) is 0 Å². The lowest BCUT2D eigenvalue weighted by Gasteiger charge is -2.41. The molecule has 1 aromatic carbocycles. The van der Waals surface area contributed by atoms with Crippen molar-refractivity contribution in [1.82, 2.24) is 14.7 Å². The molecule has 2 saturated heterocycles. The first-order chi connectivity index (χ1) is 16.2. The van der Waals surface area contributed by atoms with E-state index in [1.807, 2.05) is 13.0 Å². The van der Waals surface area contributed by atoms with Gasteiger partial charge in [-0.2, -0.15) is 0 Å². The zero-order valence-corrected chi connectivity index (χ0v) is 20.8. The van der Waals surface area contributed by atoms with Gasteiger partial charge in [-0.3, -0.25) is 14.5 Å². The van der Waals surface area contributed by atoms with Crippen molar-refractivity contribution >= 4 is 35.2 Å². The number of benzene rings is 1. The van der Waals surface area contributed by atoms with Crippen molar-refractivity contribution in [2.24, 2.45) is 11.8 Å². The van der Waals surface area contributed by atoms with Crippen LogP contribution in [0.4, 0.5) is 10.5 Å². The molecule has 2 N–H and O–H groups in total. The van der Waals surface area contributed by atoms with Crippen LogP contribution in [0.3, 0.4) is 0 Å². The van der Waals surface area contributed by atoms with E-state index in [-0.39, 0.29) is 30.3 Å². The molecule has 2 aliphatic heterocycles. The molecule has 3 amide bonds. The van der Waals surface area contributed by atoms with Gasteiger partial charge < -0.3 is 20.2 Å². The lowest BCUT2D eigenvalue weighted by Crippen LogP contribution is -2.54. The molecule has 0 spiro atoms. The second-order valence-corrected chi connectivity index (χ2v) is 10.5. The van der Waals surface area contributed by atoms with E-state index in [4.69, 9.17) is 16.7 Å². The number of nitrogens with one attached hydrogen (secondary N) is 1. The van der Waals surface area contributed by atoms with E-state index in [1.165, 1.54) is 4.90 Å². The minimum absolute atomic E-state index is 0.167. The van der Waals surface area contributed by atoms with E-state index in [0.29, 0.717) is 36.1 Å². The van der Waals surface area contributed by atoms with Crippen LogP contribution in [0, 0.1) is 18.8 Å². The largest absolute Gasteiger partial charge is 0.465 e. The number of carboxylic acid groups (broad SMARTS) is 1. The number of hydrogen-bond donors (Lipinski definition) is 2. The summed E-state index contributed by atoms with van der Waals surface area (Å²) >= 11 is 6.40. The van der Waals surface area contributed by atoms with Crippen LogP contribution < -0.4 is 5.32 Å². The molecule has 0 bridgehead atoms. The van der Waals surface area contributed by atoms with E-state index >= 15 is 0 Å². The fraction of sp³-hybridized carbons (Fsp3) is 0.640. The summed E-state index contributed by atoms with van der Waals surface area (Å²) < 4.78 is 0. The van der Waals surface area contributed by atoms with Crippen LogP contribution in [0.15, 0.2) is 12.1 Å². The number of likely N-dealkylation sites (tertiary alicyclic amines) is 1. The van der Waals surface area contributed by atoms with E-state index in [1.54, 1.807) is 6.07 Å². The van der Waals surface area contributed by atoms with Crippen molar-refractivity contribution in [2.75, 3.05) is 38.0 Å². The highest BCUT2D eigenvalue weighted by Crippen LogP contribution is 2.30. The topological polar surface area (TPSA) is 93.2 Å². The van der Waals surface area contributed by atoms with Crippen LogP contribution in [-0.2, 0) is 16.1 Å². The zero-order chi connectivity index (χ0) is 24.4. The number of carbonyl (C=O) groups is 3. The van der Waals surface area contributed by atoms with Gasteiger partial charge in [-0.1, -0.05) is 24.4 Å². The Labute approximate surface area is 206 Å². The van der Waals surface area contributed by atoms with Crippen molar-refractivity contribution in [3.05, 3.63) is 28.3 Å². The number of halogens is 1. The zero-order valence-electron chi connectivity index (χ0n) is 20.1. The minimum atomic E-state index is -0.990. The summed E-state index contributed by atoms with van der Waals surface area (Å²) in [5.41, 5.74) is 2.68. The number of piperazine rings is 1. The molecule has 3 aliphatic rings. The Morgan fingerprint density at radius 3 is 2.44 bits per heavy atom. The highest BCUT2D eigenvalue weighted by molar-refractivity contribution is 6.31. The molecule has 4 rings (SSSR count). The number of rotatable bonds is 5. The number of amides is 3. The summed E-state index contributed by atoms with van der Waals surface area (Å²) in [5.74, 6) is -0.00302. The highest BCUT2D eigenvalue weighted by atomic mass is 35.5. The van der Waals surface area contributed by atoms with Gasteiger partial charge >= 0.3 is 6.09 Å². The number of carbonyl (C=O) groups excluding carboxylic acids is 2. The van der Waals surface area contributed by atoms with Crippen molar-refractivity contribution in [2.45, 2.75) is 58.5 Å². The molecule has 0 radical (unpaired) electrons. The quantitative estimate of drug-likeness (QED) is 0.654. The van der Waals surface area contributed by atoms with E-state index in [0.717, 1.165) is 56.4 Å². The lowest BCUT2D eigenvalue weighted by atomic mass is 10.0. The minimum Gasteiger partial charge on any atom is -0.465 e. The van der Waals surface area contributed by atoms with Crippen LogP contribution >= 0.6 is 11.6 Å². The van der Waals surface area contributed by atoms with Crippen molar-refractivity contribution in [3.63, 3.8) is 0 Å².